The van der Waals surface area contributed by atoms with Crippen molar-refractivity contribution in [3.8, 4) is 11.5 Å². The van der Waals surface area contributed by atoms with Crippen LogP contribution in [0, 0.1) is 11.6 Å². The summed E-state index contributed by atoms with van der Waals surface area (Å²) in [6.07, 6.45) is 0.777. The van der Waals surface area contributed by atoms with Gasteiger partial charge in [0.2, 0.25) is 5.13 Å². The highest BCUT2D eigenvalue weighted by molar-refractivity contribution is 8.00. The van der Waals surface area contributed by atoms with Crippen LogP contribution in [-0.2, 0) is 15.3 Å². The average Bonchev–Trinajstić information content (AvgIpc) is 3.58. The number of aliphatic hydroxyl groups is 1. The number of ether oxygens (including phenoxy) is 2. The number of aliphatic hydroxyl groups excluding tert-OH is 1. The lowest BCUT2D eigenvalue weighted by atomic mass is 9.95. The minimum Gasteiger partial charge on any atom is -0.507 e. The fourth-order valence-electron chi connectivity index (χ4n) is 4.52. The molecule has 1 aliphatic heterocycles. The molecular weight excluding hydrogens is 596 g/mol. The molecule has 1 fully saturated rings. The van der Waals surface area contributed by atoms with Crippen LogP contribution in [0.2, 0.25) is 0 Å². The molecule has 12 heteroatoms. The number of benzene rings is 3. The van der Waals surface area contributed by atoms with E-state index in [1.807, 2.05) is 13.8 Å². The van der Waals surface area contributed by atoms with Gasteiger partial charge < -0.3 is 14.6 Å². The van der Waals surface area contributed by atoms with Gasteiger partial charge in [-0.25, -0.2) is 8.78 Å². The molecule has 5 rings (SSSR count). The Balaban J connectivity index is 1.58. The fraction of sp³-hybridized carbons (Fsp3) is 0.226. The third-order valence-corrected chi connectivity index (χ3v) is 8.62. The van der Waals surface area contributed by atoms with Gasteiger partial charge >= 0.3 is 5.91 Å². The second-order valence-corrected chi connectivity index (χ2v) is 11.6. The SMILES string of the molecule is CCCOc1ccc(C2/C(=C(\O)c3ccc(F)cc3)C(=O)C(=O)N2c2nnc(SCc3ccccc3F)s2)cc1OCC. The maximum absolute atomic E-state index is 14.1. The summed E-state index contributed by atoms with van der Waals surface area (Å²) in [7, 11) is 0. The second kappa shape index (κ2) is 13.3. The number of Topliss-reactive ketones (excluding diaryl/α,β-unsaturated/α-hetero) is 1. The molecule has 1 amide bonds. The van der Waals surface area contributed by atoms with E-state index in [9.17, 15) is 23.5 Å². The molecule has 0 spiro atoms. The van der Waals surface area contributed by atoms with Crippen molar-refractivity contribution in [1.29, 1.82) is 0 Å². The molecule has 222 valence electrons. The second-order valence-electron chi connectivity index (χ2n) is 9.39. The van der Waals surface area contributed by atoms with Gasteiger partial charge in [0.15, 0.2) is 15.8 Å². The first kappa shape index (κ1) is 30.2. The summed E-state index contributed by atoms with van der Waals surface area (Å²) in [5.74, 6) is -2.01. The maximum atomic E-state index is 14.1. The Hall–Kier alpha value is -4.29. The Morgan fingerprint density at radius 2 is 1.77 bits per heavy atom. The summed E-state index contributed by atoms with van der Waals surface area (Å²) < 4.78 is 39.9. The standard InChI is InChI=1S/C31H27F2N3O5S2/c1-3-15-41-23-14-11-19(16-24(23)40-4-2)26-25(27(37)18-9-12-21(32)13-10-18)28(38)29(39)36(26)30-34-35-31(43-30)42-17-20-7-5-6-8-22(20)33/h5-14,16,26,37H,3-4,15,17H2,1-2H3/b27-25+. The van der Waals surface area contributed by atoms with Crippen LogP contribution in [0.1, 0.15) is 43.0 Å². The lowest BCUT2D eigenvalue weighted by Crippen LogP contribution is -2.29. The first-order valence-electron chi connectivity index (χ1n) is 13.5. The third kappa shape index (κ3) is 6.40. The number of thioether (sulfide) groups is 1. The number of aromatic nitrogens is 2. The van der Waals surface area contributed by atoms with Gasteiger partial charge in [0.25, 0.3) is 5.78 Å². The summed E-state index contributed by atoms with van der Waals surface area (Å²) in [6.45, 7) is 4.59. The van der Waals surface area contributed by atoms with Gasteiger partial charge in [0.1, 0.15) is 17.4 Å². The van der Waals surface area contributed by atoms with Gasteiger partial charge in [-0.05, 0) is 66.9 Å². The van der Waals surface area contributed by atoms with Crippen LogP contribution in [-0.4, -0.2) is 40.2 Å². The van der Waals surface area contributed by atoms with Gasteiger partial charge in [-0.2, -0.15) is 0 Å². The molecule has 2 heterocycles. The number of hydrogen-bond donors (Lipinski definition) is 1. The molecule has 1 unspecified atom stereocenters. The van der Waals surface area contributed by atoms with Crippen LogP contribution in [0.3, 0.4) is 0 Å². The smallest absolute Gasteiger partial charge is 0.301 e. The van der Waals surface area contributed by atoms with Crippen LogP contribution < -0.4 is 14.4 Å². The van der Waals surface area contributed by atoms with Crippen molar-refractivity contribution in [2.75, 3.05) is 18.1 Å². The van der Waals surface area contributed by atoms with E-state index < -0.39 is 29.3 Å². The van der Waals surface area contributed by atoms with Crippen molar-refractivity contribution in [3.05, 3.63) is 101 Å². The number of anilines is 1. The Kier molecular flexibility index (Phi) is 9.37. The van der Waals surface area contributed by atoms with Crippen molar-refractivity contribution in [1.82, 2.24) is 10.2 Å². The van der Waals surface area contributed by atoms with E-state index in [4.69, 9.17) is 9.47 Å². The van der Waals surface area contributed by atoms with Gasteiger partial charge in [0, 0.05) is 11.3 Å². The van der Waals surface area contributed by atoms with Gasteiger partial charge in [-0.3, -0.25) is 14.5 Å². The fourth-order valence-corrected chi connectivity index (χ4v) is 6.37. The molecule has 1 atom stereocenters. The number of ketones is 1. The summed E-state index contributed by atoms with van der Waals surface area (Å²) >= 11 is 2.30. The molecule has 0 bridgehead atoms. The lowest BCUT2D eigenvalue weighted by Gasteiger charge is -2.23. The topological polar surface area (TPSA) is 102 Å². The zero-order chi connectivity index (χ0) is 30.5. The van der Waals surface area contributed by atoms with Gasteiger partial charge in [-0.1, -0.05) is 54.3 Å². The number of carbonyl (C=O) groups is 2. The zero-order valence-electron chi connectivity index (χ0n) is 23.3. The van der Waals surface area contributed by atoms with Crippen LogP contribution in [0.15, 0.2) is 76.6 Å². The predicted octanol–water partition coefficient (Wildman–Crippen LogP) is 6.92. The number of amides is 1. The summed E-state index contributed by atoms with van der Waals surface area (Å²) in [4.78, 5) is 28.2. The average molecular weight is 624 g/mol. The van der Waals surface area contributed by atoms with E-state index >= 15 is 0 Å². The Morgan fingerprint density at radius 3 is 2.49 bits per heavy atom. The molecule has 3 aromatic carbocycles. The first-order valence-corrected chi connectivity index (χ1v) is 15.3. The van der Waals surface area contributed by atoms with Crippen LogP contribution in [0.4, 0.5) is 13.9 Å². The van der Waals surface area contributed by atoms with Crippen molar-refractivity contribution < 1.29 is 33.0 Å². The number of carbonyl (C=O) groups excluding carboxylic acids is 2. The van der Waals surface area contributed by atoms with Crippen LogP contribution in [0.25, 0.3) is 5.76 Å². The molecule has 0 saturated carbocycles. The van der Waals surface area contributed by atoms with Crippen molar-refractivity contribution >= 4 is 45.7 Å². The molecule has 4 aromatic rings. The van der Waals surface area contributed by atoms with Crippen molar-refractivity contribution in [2.45, 2.75) is 36.4 Å². The van der Waals surface area contributed by atoms with E-state index in [1.54, 1.807) is 36.4 Å². The highest BCUT2D eigenvalue weighted by Gasteiger charge is 2.48. The Bertz CT molecular complexity index is 1680. The number of halogens is 2. The van der Waals surface area contributed by atoms with E-state index in [0.29, 0.717) is 40.2 Å². The highest BCUT2D eigenvalue weighted by Crippen LogP contribution is 2.45. The first-order chi connectivity index (χ1) is 20.8. The molecule has 1 N–H and O–H groups in total. The molecular formula is C31H27F2N3O5S2. The summed E-state index contributed by atoms with van der Waals surface area (Å²) in [6, 6.07) is 15.2. The molecule has 1 aliphatic rings. The quantitative estimate of drug-likeness (QED) is 0.0632. The van der Waals surface area contributed by atoms with Crippen molar-refractivity contribution in [3.63, 3.8) is 0 Å². The van der Waals surface area contributed by atoms with E-state index in [-0.39, 0.29) is 27.8 Å². The zero-order valence-corrected chi connectivity index (χ0v) is 24.9. The van der Waals surface area contributed by atoms with E-state index in [2.05, 4.69) is 10.2 Å². The van der Waals surface area contributed by atoms with E-state index in [1.165, 1.54) is 34.9 Å². The van der Waals surface area contributed by atoms with Gasteiger partial charge in [0.05, 0.1) is 24.8 Å². The Labute approximate surface area is 255 Å². The predicted molar refractivity (Wildman–Crippen MR) is 160 cm³/mol. The van der Waals surface area contributed by atoms with Crippen LogP contribution in [0.5, 0.6) is 11.5 Å². The van der Waals surface area contributed by atoms with E-state index in [0.717, 1.165) is 29.9 Å². The molecule has 1 aromatic heterocycles. The minimum absolute atomic E-state index is 0.116. The maximum Gasteiger partial charge on any atom is 0.301 e. The Morgan fingerprint density at radius 1 is 1.00 bits per heavy atom. The van der Waals surface area contributed by atoms with Gasteiger partial charge in [-0.15, -0.1) is 10.2 Å². The molecule has 43 heavy (non-hydrogen) atoms. The number of rotatable bonds is 11. The van der Waals surface area contributed by atoms with Crippen molar-refractivity contribution in [2.24, 2.45) is 0 Å². The minimum atomic E-state index is -1.11. The monoisotopic (exact) mass is 623 g/mol. The molecule has 0 aliphatic carbocycles. The summed E-state index contributed by atoms with van der Waals surface area (Å²) in [5, 5.41) is 19.8. The normalized spacial score (nSPS) is 16.1. The highest BCUT2D eigenvalue weighted by atomic mass is 32.2. The molecule has 8 nitrogen and oxygen atoms in total. The molecule has 0 radical (unpaired) electrons. The third-order valence-electron chi connectivity index (χ3n) is 6.52. The van der Waals surface area contributed by atoms with Crippen LogP contribution >= 0.6 is 23.1 Å². The number of nitrogens with zero attached hydrogens (tertiary/aromatic N) is 3. The number of hydrogen-bond acceptors (Lipinski definition) is 9. The summed E-state index contributed by atoms with van der Waals surface area (Å²) in [5.41, 5.74) is 0.900. The lowest BCUT2D eigenvalue weighted by molar-refractivity contribution is -0.132. The molecule has 1 saturated heterocycles. The largest absolute Gasteiger partial charge is 0.507 e.